The molecule has 0 spiro atoms. The maximum Gasteiger partial charge on any atom is 0.255 e. The highest BCUT2D eigenvalue weighted by molar-refractivity contribution is 8.00. The summed E-state index contributed by atoms with van der Waals surface area (Å²) >= 11 is 1.84. The molecule has 2 heterocycles. The van der Waals surface area contributed by atoms with E-state index in [9.17, 15) is 4.79 Å². The van der Waals surface area contributed by atoms with Gasteiger partial charge in [0.25, 0.3) is 5.91 Å². The van der Waals surface area contributed by atoms with Gasteiger partial charge in [0, 0.05) is 23.4 Å². The van der Waals surface area contributed by atoms with Crippen molar-refractivity contribution in [1.82, 2.24) is 4.90 Å². The first kappa shape index (κ1) is 13.7. The third kappa shape index (κ3) is 1.73. The second kappa shape index (κ2) is 5.06. The van der Waals surface area contributed by atoms with Crippen LogP contribution in [0.2, 0.25) is 0 Å². The van der Waals surface area contributed by atoms with Gasteiger partial charge in [0.05, 0.1) is 6.61 Å². The Labute approximate surface area is 134 Å². The largest absolute Gasteiger partial charge is 0.494 e. The van der Waals surface area contributed by atoms with Crippen LogP contribution in [0.5, 0.6) is 5.75 Å². The Kier molecular flexibility index (Phi) is 3.15. The Hall–Kier alpha value is -1.94. The average Bonchev–Trinajstić information content (AvgIpc) is 3.09. The van der Waals surface area contributed by atoms with Crippen molar-refractivity contribution in [3.05, 3.63) is 65.2 Å². The Morgan fingerprint density at radius 3 is 2.73 bits per heavy atom. The van der Waals surface area contributed by atoms with Crippen LogP contribution in [0, 0.1) is 0 Å². The molecule has 2 aliphatic heterocycles. The van der Waals surface area contributed by atoms with E-state index in [1.165, 1.54) is 0 Å². The SMILES string of the molecule is CCOc1ccc([C@]23SCCN2C(=O)c2ccccc23)cc1. The van der Waals surface area contributed by atoms with Gasteiger partial charge in [0.1, 0.15) is 10.6 Å². The molecule has 3 nitrogen and oxygen atoms in total. The lowest BCUT2D eigenvalue weighted by Crippen LogP contribution is -2.37. The second-order valence-electron chi connectivity index (χ2n) is 5.45. The van der Waals surface area contributed by atoms with Gasteiger partial charge in [0.2, 0.25) is 0 Å². The summed E-state index contributed by atoms with van der Waals surface area (Å²) in [6.45, 7) is 3.44. The molecule has 1 amide bonds. The topological polar surface area (TPSA) is 29.5 Å². The molecule has 22 heavy (non-hydrogen) atoms. The van der Waals surface area contributed by atoms with Crippen LogP contribution in [0.1, 0.15) is 28.4 Å². The van der Waals surface area contributed by atoms with E-state index in [0.29, 0.717) is 6.61 Å². The van der Waals surface area contributed by atoms with Crippen molar-refractivity contribution >= 4 is 17.7 Å². The predicted octanol–water partition coefficient (Wildman–Crippen LogP) is 3.49. The summed E-state index contributed by atoms with van der Waals surface area (Å²) in [5.74, 6) is 1.98. The van der Waals surface area contributed by atoms with Crippen LogP contribution in [0.15, 0.2) is 48.5 Å². The van der Waals surface area contributed by atoms with E-state index < -0.39 is 0 Å². The minimum atomic E-state index is -0.363. The fraction of sp³-hybridized carbons (Fsp3) is 0.278. The molecular weight excluding hydrogens is 294 g/mol. The Morgan fingerprint density at radius 1 is 1.18 bits per heavy atom. The number of nitrogens with zero attached hydrogens (tertiary/aromatic N) is 1. The van der Waals surface area contributed by atoms with Crippen molar-refractivity contribution in [3.63, 3.8) is 0 Å². The molecule has 2 aromatic carbocycles. The predicted molar refractivity (Wildman–Crippen MR) is 88.3 cm³/mol. The summed E-state index contributed by atoms with van der Waals surface area (Å²) in [5, 5.41) is 0. The normalized spacial score (nSPS) is 22.6. The van der Waals surface area contributed by atoms with Crippen LogP contribution in [-0.2, 0) is 4.87 Å². The molecule has 0 bridgehead atoms. The van der Waals surface area contributed by atoms with E-state index in [1.54, 1.807) is 0 Å². The van der Waals surface area contributed by atoms with Crippen LogP contribution in [0.25, 0.3) is 0 Å². The zero-order valence-electron chi connectivity index (χ0n) is 12.4. The van der Waals surface area contributed by atoms with Crippen molar-refractivity contribution in [3.8, 4) is 5.75 Å². The van der Waals surface area contributed by atoms with Gasteiger partial charge in [-0.15, -0.1) is 11.8 Å². The standard InChI is InChI=1S/C18H17NO2S/c1-2-21-14-9-7-13(8-10-14)18-16-6-4-3-5-15(16)17(20)19(18)11-12-22-18/h3-10H,2,11-12H2,1H3/t18-/m1/s1. The van der Waals surface area contributed by atoms with Gasteiger partial charge >= 0.3 is 0 Å². The zero-order valence-corrected chi connectivity index (χ0v) is 13.2. The maximum absolute atomic E-state index is 12.7. The lowest BCUT2D eigenvalue weighted by Gasteiger charge is -2.32. The summed E-state index contributed by atoms with van der Waals surface area (Å²) in [6, 6.07) is 16.2. The third-order valence-corrected chi connectivity index (χ3v) is 5.81. The highest BCUT2D eigenvalue weighted by atomic mass is 32.2. The van der Waals surface area contributed by atoms with Crippen LogP contribution >= 0.6 is 11.8 Å². The van der Waals surface area contributed by atoms with E-state index in [-0.39, 0.29) is 10.8 Å². The Bertz CT molecular complexity index is 728. The first-order valence-corrected chi connectivity index (χ1v) is 8.54. The molecule has 0 aromatic heterocycles. The fourth-order valence-electron chi connectivity index (χ4n) is 3.44. The van der Waals surface area contributed by atoms with Gasteiger partial charge < -0.3 is 9.64 Å². The minimum Gasteiger partial charge on any atom is -0.494 e. The number of thioether (sulfide) groups is 1. The van der Waals surface area contributed by atoms with Crippen LogP contribution < -0.4 is 4.74 Å². The van der Waals surface area contributed by atoms with Gasteiger partial charge in [-0.2, -0.15) is 0 Å². The number of rotatable bonds is 3. The molecule has 0 aliphatic carbocycles. The van der Waals surface area contributed by atoms with Crippen molar-refractivity contribution in [2.24, 2.45) is 0 Å². The van der Waals surface area contributed by atoms with Gasteiger partial charge in [0.15, 0.2) is 0 Å². The van der Waals surface area contributed by atoms with E-state index in [2.05, 4.69) is 18.2 Å². The van der Waals surface area contributed by atoms with E-state index in [0.717, 1.165) is 34.7 Å². The monoisotopic (exact) mass is 311 g/mol. The van der Waals surface area contributed by atoms with Crippen molar-refractivity contribution in [2.45, 2.75) is 11.8 Å². The van der Waals surface area contributed by atoms with Crippen LogP contribution in [0.3, 0.4) is 0 Å². The fourth-order valence-corrected chi connectivity index (χ4v) is 4.97. The average molecular weight is 311 g/mol. The molecule has 2 aliphatic rings. The number of benzene rings is 2. The molecule has 2 aromatic rings. The highest BCUT2D eigenvalue weighted by Crippen LogP contribution is 2.55. The number of fused-ring (bicyclic) bond motifs is 3. The first-order chi connectivity index (χ1) is 10.8. The van der Waals surface area contributed by atoms with Gasteiger partial charge in [-0.1, -0.05) is 30.3 Å². The molecule has 0 radical (unpaired) electrons. The number of carbonyl (C=O) groups is 1. The molecule has 1 saturated heterocycles. The number of ether oxygens (including phenoxy) is 1. The summed E-state index contributed by atoms with van der Waals surface area (Å²) in [4.78, 5) is 14.4. The van der Waals surface area contributed by atoms with E-state index in [1.807, 2.05) is 53.9 Å². The minimum absolute atomic E-state index is 0.148. The van der Waals surface area contributed by atoms with Crippen molar-refractivity contribution in [1.29, 1.82) is 0 Å². The van der Waals surface area contributed by atoms with Gasteiger partial charge in [-0.05, 0) is 30.7 Å². The molecule has 4 rings (SSSR count). The number of hydrogen-bond donors (Lipinski definition) is 0. The lowest BCUT2D eigenvalue weighted by molar-refractivity contribution is 0.0752. The molecule has 1 atom stereocenters. The van der Waals surface area contributed by atoms with Crippen LogP contribution in [-0.4, -0.2) is 29.7 Å². The van der Waals surface area contributed by atoms with Crippen molar-refractivity contribution in [2.75, 3.05) is 18.9 Å². The molecule has 0 unspecified atom stereocenters. The van der Waals surface area contributed by atoms with Crippen LogP contribution in [0.4, 0.5) is 0 Å². The quantitative estimate of drug-likeness (QED) is 0.869. The summed E-state index contributed by atoms with van der Waals surface area (Å²) in [6.07, 6.45) is 0. The van der Waals surface area contributed by atoms with E-state index in [4.69, 9.17) is 4.74 Å². The van der Waals surface area contributed by atoms with E-state index >= 15 is 0 Å². The molecule has 0 N–H and O–H groups in total. The molecular formula is C18H17NO2S. The Morgan fingerprint density at radius 2 is 1.95 bits per heavy atom. The zero-order chi connectivity index (χ0) is 15.2. The molecule has 0 saturated carbocycles. The Balaban J connectivity index is 1.86. The first-order valence-electron chi connectivity index (χ1n) is 7.56. The number of carbonyl (C=O) groups excluding carboxylic acids is 1. The second-order valence-corrected chi connectivity index (χ2v) is 6.74. The smallest absolute Gasteiger partial charge is 0.255 e. The third-order valence-electron chi connectivity index (χ3n) is 4.33. The summed E-state index contributed by atoms with van der Waals surface area (Å²) in [5.41, 5.74) is 3.10. The lowest BCUT2D eigenvalue weighted by atomic mass is 9.97. The molecule has 1 fully saturated rings. The van der Waals surface area contributed by atoms with Gasteiger partial charge in [-0.3, -0.25) is 4.79 Å². The molecule has 112 valence electrons. The van der Waals surface area contributed by atoms with Crippen molar-refractivity contribution < 1.29 is 9.53 Å². The molecule has 4 heteroatoms. The maximum atomic E-state index is 12.7. The number of amides is 1. The summed E-state index contributed by atoms with van der Waals surface area (Å²) in [7, 11) is 0. The highest BCUT2D eigenvalue weighted by Gasteiger charge is 2.54. The number of hydrogen-bond acceptors (Lipinski definition) is 3. The van der Waals surface area contributed by atoms with Gasteiger partial charge in [-0.25, -0.2) is 0 Å². The summed E-state index contributed by atoms with van der Waals surface area (Å²) < 4.78 is 5.54.